The van der Waals surface area contributed by atoms with Crippen LogP contribution in [0.2, 0.25) is 0 Å². The molecule has 1 heterocycles. The highest BCUT2D eigenvalue weighted by Gasteiger charge is 2.23. The van der Waals surface area contributed by atoms with E-state index in [2.05, 4.69) is 21.2 Å². The highest BCUT2D eigenvalue weighted by Crippen LogP contribution is 2.34. The van der Waals surface area contributed by atoms with Crippen molar-refractivity contribution in [3.05, 3.63) is 14.9 Å². The number of anilines is 1. The van der Waals surface area contributed by atoms with Gasteiger partial charge < -0.3 is 11.1 Å². The van der Waals surface area contributed by atoms with E-state index < -0.39 is 0 Å². The second-order valence-electron chi connectivity index (χ2n) is 4.43. The van der Waals surface area contributed by atoms with Gasteiger partial charge in [0.1, 0.15) is 0 Å². The molecule has 0 fully saturated rings. The molecule has 3 nitrogen and oxygen atoms in total. The van der Waals surface area contributed by atoms with E-state index in [1.165, 1.54) is 11.3 Å². The monoisotopic (exact) mass is 304 g/mol. The van der Waals surface area contributed by atoms with Crippen molar-refractivity contribution in [1.82, 2.24) is 5.32 Å². The number of hydrogen-bond donors (Lipinski definition) is 2. The quantitative estimate of drug-likeness (QED) is 0.900. The fraction of sp³-hybridized carbons (Fsp3) is 0.545. The molecular weight excluding hydrogens is 288 g/mol. The fourth-order valence-electron chi connectivity index (χ4n) is 1.25. The number of nitrogens with one attached hydrogen (secondary N) is 1. The Kier molecular flexibility index (Phi) is 4.02. The van der Waals surface area contributed by atoms with E-state index in [1.54, 1.807) is 0 Å². The average molecular weight is 305 g/mol. The van der Waals surface area contributed by atoms with Gasteiger partial charge in [-0.15, -0.1) is 11.3 Å². The Morgan fingerprint density at radius 1 is 1.56 bits per heavy atom. The van der Waals surface area contributed by atoms with Crippen molar-refractivity contribution in [1.29, 1.82) is 0 Å². The number of halogens is 1. The van der Waals surface area contributed by atoms with E-state index in [0.29, 0.717) is 10.6 Å². The first-order valence-electron chi connectivity index (χ1n) is 5.15. The topological polar surface area (TPSA) is 55.1 Å². The molecule has 16 heavy (non-hydrogen) atoms. The van der Waals surface area contributed by atoms with Crippen molar-refractivity contribution in [3.8, 4) is 0 Å². The largest absolute Gasteiger partial charge is 0.390 e. The molecule has 0 atom stereocenters. The average Bonchev–Trinajstić information content (AvgIpc) is 2.40. The van der Waals surface area contributed by atoms with Crippen LogP contribution in [0.5, 0.6) is 0 Å². The van der Waals surface area contributed by atoms with Gasteiger partial charge in [0.25, 0.3) is 5.91 Å². The number of nitrogens with two attached hydrogens (primary N) is 1. The summed E-state index contributed by atoms with van der Waals surface area (Å²) in [5.74, 6) is -0.0937. The molecule has 0 radical (unpaired) electrons. The van der Waals surface area contributed by atoms with Crippen molar-refractivity contribution in [2.45, 2.75) is 39.7 Å². The molecule has 1 aromatic heterocycles. The van der Waals surface area contributed by atoms with Crippen molar-refractivity contribution in [2.24, 2.45) is 0 Å². The van der Waals surface area contributed by atoms with Crippen LogP contribution in [0.25, 0.3) is 0 Å². The zero-order chi connectivity index (χ0) is 12.5. The van der Waals surface area contributed by atoms with Gasteiger partial charge in [0.15, 0.2) is 0 Å². The minimum Gasteiger partial charge on any atom is -0.390 e. The van der Waals surface area contributed by atoms with Crippen LogP contribution in [0.3, 0.4) is 0 Å². The first-order chi connectivity index (χ1) is 7.28. The van der Waals surface area contributed by atoms with E-state index in [-0.39, 0.29) is 11.4 Å². The SMILES string of the molecule is CCC(C)(C)NC(=O)c1c(N)sc(Br)c1C. The number of amides is 1. The van der Waals surface area contributed by atoms with Crippen LogP contribution in [0.4, 0.5) is 5.00 Å². The molecule has 1 aromatic rings. The number of hydrogen-bond acceptors (Lipinski definition) is 3. The zero-order valence-electron chi connectivity index (χ0n) is 9.98. The second kappa shape index (κ2) is 4.75. The number of carbonyl (C=O) groups excluding carboxylic acids is 1. The van der Waals surface area contributed by atoms with E-state index in [1.807, 2.05) is 27.7 Å². The third-order valence-corrected chi connectivity index (χ3v) is 4.67. The van der Waals surface area contributed by atoms with Crippen LogP contribution in [-0.4, -0.2) is 11.4 Å². The summed E-state index contributed by atoms with van der Waals surface area (Å²) in [7, 11) is 0. The van der Waals surface area contributed by atoms with Gasteiger partial charge >= 0.3 is 0 Å². The lowest BCUT2D eigenvalue weighted by Crippen LogP contribution is -2.43. The molecule has 90 valence electrons. The summed E-state index contributed by atoms with van der Waals surface area (Å²) < 4.78 is 0.921. The molecule has 0 aliphatic rings. The highest BCUT2D eigenvalue weighted by molar-refractivity contribution is 9.11. The predicted molar refractivity (Wildman–Crippen MR) is 73.0 cm³/mol. The van der Waals surface area contributed by atoms with Gasteiger partial charge in [-0.05, 0) is 48.7 Å². The van der Waals surface area contributed by atoms with E-state index >= 15 is 0 Å². The summed E-state index contributed by atoms with van der Waals surface area (Å²) in [5, 5.41) is 3.55. The Hall–Kier alpha value is -0.550. The Bertz CT molecular complexity index is 412. The maximum Gasteiger partial charge on any atom is 0.254 e. The van der Waals surface area contributed by atoms with Crippen molar-refractivity contribution in [2.75, 3.05) is 5.73 Å². The van der Waals surface area contributed by atoms with Crippen LogP contribution >= 0.6 is 27.3 Å². The predicted octanol–water partition coefficient (Wildman–Crippen LogP) is 3.32. The summed E-state index contributed by atoms with van der Waals surface area (Å²) in [6.07, 6.45) is 0.878. The lowest BCUT2D eigenvalue weighted by atomic mass is 10.0. The molecule has 1 rings (SSSR count). The number of nitrogen functional groups attached to an aromatic ring is 1. The Balaban J connectivity index is 2.98. The summed E-state index contributed by atoms with van der Waals surface area (Å²) in [5.41, 5.74) is 7.13. The Morgan fingerprint density at radius 2 is 2.12 bits per heavy atom. The van der Waals surface area contributed by atoms with E-state index in [4.69, 9.17) is 5.73 Å². The van der Waals surface area contributed by atoms with Crippen molar-refractivity contribution < 1.29 is 4.79 Å². The van der Waals surface area contributed by atoms with Gasteiger partial charge in [-0.1, -0.05) is 6.92 Å². The smallest absolute Gasteiger partial charge is 0.254 e. The number of thiophene rings is 1. The number of carbonyl (C=O) groups is 1. The van der Waals surface area contributed by atoms with Gasteiger partial charge in [-0.2, -0.15) is 0 Å². The van der Waals surface area contributed by atoms with E-state index in [0.717, 1.165) is 15.8 Å². The lowest BCUT2D eigenvalue weighted by molar-refractivity contribution is 0.0912. The van der Waals surface area contributed by atoms with Crippen LogP contribution in [0, 0.1) is 6.92 Å². The maximum atomic E-state index is 12.1. The Labute approximate surface area is 109 Å². The fourth-order valence-corrected chi connectivity index (χ4v) is 2.77. The third-order valence-electron chi connectivity index (χ3n) is 2.68. The molecule has 0 aliphatic carbocycles. The molecule has 0 saturated carbocycles. The molecule has 0 saturated heterocycles. The van der Waals surface area contributed by atoms with Gasteiger partial charge in [-0.3, -0.25) is 4.79 Å². The summed E-state index contributed by atoms with van der Waals surface area (Å²) >= 11 is 4.78. The second-order valence-corrected chi connectivity index (χ2v) is 6.80. The maximum absolute atomic E-state index is 12.1. The molecule has 0 aliphatic heterocycles. The van der Waals surface area contributed by atoms with E-state index in [9.17, 15) is 4.79 Å². The lowest BCUT2D eigenvalue weighted by Gasteiger charge is -2.24. The minimum atomic E-state index is -0.204. The van der Waals surface area contributed by atoms with Crippen LogP contribution in [0.15, 0.2) is 3.79 Å². The van der Waals surface area contributed by atoms with Gasteiger partial charge in [-0.25, -0.2) is 0 Å². The molecule has 5 heteroatoms. The first kappa shape index (κ1) is 13.5. The van der Waals surface area contributed by atoms with Gasteiger partial charge in [0, 0.05) is 5.54 Å². The van der Waals surface area contributed by atoms with Crippen LogP contribution in [0.1, 0.15) is 43.1 Å². The van der Waals surface area contributed by atoms with Crippen LogP contribution in [-0.2, 0) is 0 Å². The molecule has 1 amide bonds. The molecule has 0 spiro atoms. The molecule has 0 aromatic carbocycles. The third kappa shape index (κ3) is 2.77. The molecule has 3 N–H and O–H groups in total. The normalized spacial score (nSPS) is 11.6. The molecular formula is C11H17BrN2OS. The highest BCUT2D eigenvalue weighted by atomic mass is 79.9. The summed E-state index contributed by atoms with van der Waals surface area (Å²) in [4.78, 5) is 12.1. The standard InChI is InChI=1S/C11H17BrN2OS/c1-5-11(3,4)14-10(15)7-6(2)8(12)16-9(7)13/h5,13H2,1-4H3,(H,14,15). The number of rotatable bonds is 3. The minimum absolute atomic E-state index is 0.0937. The van der Waals surface area contributed by atoms with Gasteiger partial charge in [0.05, 0.1) is 14.4 Å². The molecule has 0 unspecified atom stereocenters. The summed E-state index contributed by atoms with van der Waals surface area (Å²) in [6, 6.07) is 0. The summed E-state index contributed by atoms with van der Waals surface area (Å²) in [6.45, 7) is 7.93. The van der Waals surface area contributed by atoms with Crippen LogP contribution < -0.4 is 11.1 Å². The Morgan fingerprint density at radius 3 is 2.50 bits per heavy atom. The zero-order valence-corrected chi connectivity index (χ0v) is 12.4. The van der Waals surface area contributed by atoms with Gasteiger partial charge in [0.2, 0.25) is 0 Å². The first-order valence-corrected chi connectivity index (χ1v) is 6.76. The van der Waals surface area contributed by atoms with Crippen molar-refractivity contribution >= 4 is 38.2 Å². The van der Waals surface area contributed by atoms with Crippen molar-refractivity contribution in [3.63, 3.8) is 0 Å². The molecule has 0 bridgehead atoms.